The second kappa shape index (κ2) is 9.66. The molecule has 1 N–H and O–H groups in total. The molecular weight excluding hydrogens is 222 g/mol. The molecule has 1 aliphatic rings. The van der Waals surface area contributed by atoms with Crippen molar-refractivity contribution >= 4 is 5.82 Å². The molecule has 0 saturated carbocycles. The number of nitrogens with one attached hydrogen (secondary N) is 1. The van der Waals surface area contributed by atoms with Gasteiger partial charge in [-0.2, -0.15) is 0 Å². The van der Waals surface area contributed by atoms with Gasteiger partial charge in [0, 0.05) is 18.9 Å². The Morgan fingerprint density at radius 1 is 1.22 bits per heavy atom. The summed E-state index contributed by atoms with van der Waals surface area (Å²) >= 11 is 0. The van der Waals surface area contributed by atoms with Gasteiger partial charge in [-0.15, -0.1) is 0 Å². The van der Waals surface area contributed by atoms with E-state index in [4.69, 9.17) is 0 Å². The average molecular weight is 249 g/mol. The van der Waals surface area contributed by atoms with Gasteiger partial charge in [-0.1, -0.05) is 40.7 Å². The second-order valence-electron chi connectivity index (χ2n) is 3.56. The van der Waals surface area contributed by atoms with Crippen molar-refractivity contribution < 1.29 is 0 Å². The Kier molecular flexibility index (Phi) is 8.93. The third-order valence-corrected chi connectivity index (χ3v) is 2.34. The van der Waals surface area contributed by atoms with Crippen LogP contribution in [0.5, 0.6) is 0 Å². The van der Waals surface area contributed by atoms with Crippen LogP contribution in [0.3, 0.4) is 0 Å². The maximum Gasteiger partial charge on any atom is 0.146 e. The first kappa shape index (κ1) is 16.6. The number of aromatic nitrogens is 1. The molecule has 0 aliphatic carbocycles. The Labute approximate surface area is 112 Å². The molecule has 2 heterocycles. The lowest BCUT2D eigenvalue weighted by atomic mass is 10.2. The molecule has 1 aromatic rings. The molecule has 3 heteroatoms. The van der Waals surface area contributed by atoms with E-state index < -0.39 is 0 Å². The van der Waals surface area contributed by atoms with Crippen molar-refractivity contribution in [3.8, 4) is 0 Å². The molecule has 0 bridgehead atoms. The summed E-state index contributed by atoms with van der Waals surface area (Å²) in [5.41, 5.74) is 5.84. The summed E-state index contributed by atoms with van der Waals surface area (Å²) in [6.07, 6.45) is 5.04. The predicted molar refractivity (Wildman–Crippen MR) is 80.5 cm³/mol. The minimum absolute atomic E-state index is 0.914. The number of nitrogens with zero attached hydrogens (tertiary/aromatic N) is 2. The summed E-state index contributed by atoms with van der Waals surface area (Å²) < 4.78 is 0. The first-order valence-corrected chi connectivity index (χ1v) is 6.94. The smallest absolute Gasteiger partial charge is 0.146 e. The SMILES string of the molecule is CC.CC.CCc1ccc(N2C=C(C)CN2)nc1. The zero-order valence-electron chi connectivity index (χ0n) is 12.6. The number of hydrogen-bond donors (Lipinski definition) is 1. The van der Waals surface area contributed by atoms with Crippen LogP contribution in [0.15, 0.2) is 30.1 Å². The Bertz CT molecular complexity index is 341. The minimum Gasteiger partial charge on any atom is -0.267 e. The number of hydrogen-bond acceptors (Lipinski definition) is 3. The maximum absolute atomic E-state index is 4.38. The summed E-state index contributed by atoms with van der Waals surface area (Å²) in [5, 5.41) is 1.97. The van der Waals surface area contributed by atoms with Crippen molar-refractivity contribution in [3.63, 3.8) is 0 Å². The topological polar surface area (TPSA) is 28.2 Å². The van der Waals surface area contributed by atoms with Crippen LogP contribution < -0.4 is 10.4 Å². The molecule has 0 spiro atoms. The van der Waals surface area contributed by atoms with E-state index >= 15 is 0 Å². The van der Waals surface area contributed by atoms with Crippen LogP contribution >= 0.6 is 0 Å². The monoisotopic (exact) mass is 249 g/mol. The van der Waals surface area contributed by atoms with Crippen LogP contribution in [0.4, 0.5) is 5.82 Å². The third-order valence-electron chi connectivity index (χ3n) is 2.34. The van der Waals surface area contributed by atoms with Gasteiger partial charge in [0.15, 0.2) is 0 Å². The molecule has 2 rings (SSSR count). The summed E-state index contributed by atoms with van der Waals surface area (Å²) in [7, 11) is 0. The van der Waals surface area contributed by atoms with E-state index in [0.717, 1.165) is 18.8 Å². The molecule has 0 fully saturated rings. The summed E-state index contributed by atoms with van der Waals surface area (Å²) in [4.78, 5) is 4.38. The summed E-state index contributed by atoms with van der Waals surface area (Å²) in [5.74, 6) is 0.957. The molecule has 0 atom stereocenters. The molecule has 0 aromatic carbocycles. The first-order valence-electron chi connectivity index (χ1n) is 6.94. The fourth-order valence-corrected chi connectivity index (χ4v) is 1.44. The highest BCUT2D eigenvalue weighted by atomic mass is 15.5. The summed E-state index contributed by atoms with van der Waals surface area (Å²) in [6.45, 7) is 13.2. The van der Waals surface area contributed by atoms with E-state index in [9.17, 15) is 0 Å². The first-order chi connectivity index (χ1) is 8.79. The molecule has 0 saturated heterocycles. The van der Waals surface area contributed by atoms with E-state index in [-0.39, 0.29) is 0 Å². The summed E-state index contributed by atoms with van der Waals surface area (Å²) in [6, 6.07) is 4.16. The second-order valence-corrected chi connectivity index (χ2v) is 3.56. The van der Waals surface area contributed by atoms with Crippen molar-refractivity contribution in [3.05, 3.63) is 35.7 Å². The zero-order chi connectivity index (χ0) is 14.0. The van der Waals surface area contributed by atoms with E-state index in [1.807, 2.05) is 45.0 Å². The van der Waals surface area contributed by atoms with Gasteiger partial charge >= 0.3 is 0 Å². The Morgan fingerprint density at radius 2 is 1.89 bits per heavy atom. The molecule has 3 nitrogen and oxygen atoms in total. The highest BCUT2D eigenvalue weighted by molar-refractivity contribution is 5.44. The van der Waals surface area contributed by atoms with Gasteiger partial charge < -0.3 is 0 Å². The molecule has 1 aromatic heterocycles. The maximum atomic E-state index is 4.38. The highest BCUT2D eigenvalue weighted by Gasteiger charge is 2.10. The molecule has 18 heavy (non-hydrogen) atoms. The van der Waals surface area contributed by atoms with Gasteiger partial charge in [0.1, 0.15) is 5.82 Å². The number of pyridine rings is 1. The van der Waals surface area contributed by atoms with Gasteiger partial charge in [-0.3, -0.25) is 5.01 Å². The predicted octanol–water partition coefficient (Wildman–Crippen LogP) is 3.92. The van der Waals surface area contributed by atoms with Crippen LogP contribution in [0.25, 0.3) is 0 Å². The van der Waals surface area contributed by atoms with Crippen molar-refractivity contribution in [2.45, 2.75) is 48.0 Å². The third kappa shape index (κ3) is 4.88. The number of aryl methyl sites for hydroxylation is 1. The van der Waals surface area contributed by atoms with E-state index in [1.165, 1.54) is 11.1 Å². The molecule has 0 amide bonds. The Balaban J connectivity index is 0.000000659. The van der Waals surface area contributed by atoms with Crippen molar-refractivity contribution in [1.29, 1.82) is 0 Å². The number of anilines is 1. The molecular formula is C15H27N3. The average Bonchev–Trinajstić information content (AvgIpc) is 2.90. The lowest BCUT2D eigenvalue weighted by Crippen LogP contribution is -2.29. The van der Waals surface area contributed by atoms with Gasteiger partial charge in [0.25, 0.3) is 0 Å². The number of rotatable bonds is 2. The lowest BCUT2D eigenvalue weighted by Gasteiger charge is -2.14. The fourth-order valence-electron chi connectivity index (χ4n) is 1.44. The van der Waals surface area contributed by atoms with Crippen LogP contribution in [-0.4, -0.2) is 11.5 Å². The van der Waals surface area contributed by atoms with Gasteiger partial charge in [-0.05, 0) is 30.5 Å². The Morgan fingerprint density at radius 3 is 2.28 bits per heavy atom. The van der Waals surface area contributed by atoms with Crippen molar-refractivity contribution in [2.24, 2.45) is 0 Å². The highest BCUT2D eigenvalue weighted by Crippen LogP contribution is 2.14. The van der Waals surface area contributed by atoms with E-state index in [2.05, 4.69) is 36.5 Å². The molecule has 1 aliphatic heterocycles. The van der Waals surface area contributed by atoms with Crippen molar-refractivity contribution in [2.75, 3.05) is 11.6 Å². The molecule has 102 valence electrons. The van der Waals surface area contributed by atoms with Crippen molar-refractivity contribution in [1.82, 2.24) is 10.4 Å². The quantitative estimate of drug-likeness (QED) is 0.861. The Hall–Kier alpha value is -1.35. The zero-order valence-corrected chi connectivity index (χ0v) is 12.6. The normalized spacial score (nSPS) is 13.0. The largest absolute Gasteiger partial charge is 0.267 e. The fraction of sp³-hybridized carbons (Fsp3) is 0.533. The minimum atomic E-state index is 0.914. The van der Waals surface area contributed by atoms with Crippen LogP contribution in [0.1, 0.15) is 47.1 Å². The van der Waals surface area contributed by atoms with Crippen LogP contribution in [0.2, 0.25) is 0 Å². The molecule has 0 unspecified atom stereocenters. The van der Waals surface area contributed by atoms with Crippen LogP contribution in [0, 0.1) is 0 Å². The van der Waals surface area contributed by atoms with E-state index in [0.29, 0.717) is 0 Å². The molecule has 0 radical (unpaired) electrons. The van der Waals surface area contributed by atoms with Gasteiger partial charge in [-0.25, -0.2) is 10.4 Å². The number of hydrazine groups is 1. The van der Waals surface area contributed by atoms with Crippen LogP contribution in [-0.2, 0) is 6.42 Å². The van der Waals surface area contributed by atoms with Gasteiger partial charge in [0.2, 0.25) is 0 Å². The van der Waals surface area contributed by atoms with Gasteiger partial charge in [0.05, 0.1) is 0 Å². The lowest BCUT2D eigenvalue weighted by molar-refractivity contribution is 0.791. The standard InChI is InChI=1S/C11H15N3.2C2H6/c1-3-10-4-5-11(12-7-10)14-8-9(2)6-13-14;2*1-2/h4-5,7-8,13H,3,6H2,1-2H3;2*1-2H3. The van der Waals surface area contributed by atoms with E-state index in [1.54, 1.807) is 0 Å².